The summed E-state index contributed by atoms with van der Waals surface area (Å²) >= 11 is 0. The molecule has 2 N–H and O–H groups in total. The van der Waals surface area contributed by atoms with Crippen molar-refractivity contribution < 1.29 is 4.79 Å². The van der Waals surface area contributed by atoms with E-state index in [0.29, 0.717) is 12.0 Å². The Hall–Kier alpha value is -1.31. The summed E-state index contributed by atoms with van der Waals surface area (Å²) in [4.78, 5) is 18.8. The van der Waals surface area contributed by atoms with Gasteiger partial charge < -0.3 is 15.5 Å². The lowest BCUT2D eigenvalue weighted by atomic mass is 9.85. The zero-order valence-electron chi connectivity index (χ0n) is 16.0. The first-order valence-electron chi connectivity index (χ1n) is 9.32. The van der Waals surface area contributed by atoms with Crippen LogP contribution < -0.4 is 10.6 Å². The van der Waals surface area contributed by atoms with Crippen LogP contribution >= 0.6 is 24.0 Å². The summed E-state index contributed by atoms with van der Waals surface area (Å²) in [7, 11) is 1.84. The number of halogens is 1. The average Bonchev–Trinajstić information content (AvgIpc) is 2.86. The predicted molar refractivity (Wildman–Crippen MR) is 118 cm³/mol. The molecule has 2 aliphatic rings. The van der Waals surface area contributed by atoms with Crippen molar-refractivity contribution in [3.05, 3.63) is 29.8 Å². The van der Waals surface area contributed by atoms with Crippen molar-refractivity contribution in [1.29, 1.82) is 0 Å². The molecule has 1 amide bonds. The third-order valence-electron chi connectivity index (χ3n) is 5.31. The second-order valence-corrected chi connectivity index (χ2v) is 8.05. The Labute approximate surface area is 174 Å². The Morgan fingerprint density at radius 3 is 2.69 bits per heavy atom. The molecule has 0 unspecified atom stereocenters. The molecule has 26 heavy (non-hydrogen) atoms. The van der Waals surface area contributed by atoms with Gasteiger partial charge in [0.25, 0.3) is 0 Å². The minimum Gasteiger partial charge on any atom is -0.352 e. The molecular weight excluding hydrogens is 439 g/mol. The second kappa shape index (κ2) is 9.06. The van der Waals surface area contributed by atoms with Crippen LogP contribution in [0.15, 0.2) is 29.3 Å². The first-order valence-corrected chi connectivity index (χ1v) is 9.32. The molecule has 6 heteroatoms. The third-order valence-corrected chi connectivity index (χ3v) is 5.31. The molecule has 0 bridgehead atoms. The summed E-state index contributed by atoms with van der Waals surface area (Å²) in [5, 5.41) is 6.50. The highest BCUT2D eigenvalue weighted by Gasteiger charge is 2.30. The molecule has 1 aliphatic carbocycles. The van der Waals surface area contributed by atoms with Gasteiger partial charge in [-0.25, -0.2) is 0 Å². The van der Waals surface area contributed by atoms with Crippen LogP contribution in [-0.2, 0) is 11.3 Å². The minimum absolute atomic E-state index is 0. The highest BCUT2D eigenvalue weighted by atomic mass is 127. The number of amides is 1. The molecule has 1 aromatic rings. The number of aliphatic imine (C=N–C) groups is 1. The van der Waals surface area contributed by atoms with E-state index in [-0.39, 0.29) is 35.8 Å². The predicted octanol–water partition coefficient (Wildman–Crippen LogP) is 3.85. The van der Waals surface area contributed by atoms with E-state index in [1.807, 2.05) is 25.2 Å². The van der Waals surface area contributed by atoms with Crippen molar-refractivity contribution >= 4 is 41.5 Å². The number of benzene rings is 1. The number of carbonyl (C=O) groups is 1. The number of likely N-dealkylation sites (tertiary alicyclic amines) is 1. The molecule has 1 heterocycles. The first-order chi connectivity index (χ1) is 12.0. The average molecular weight is 470 g/mol. The second-order valence-electron chi connectivity index (χ2n) is 8.05. The number of nitrogens with one attached hydrogen (secondary N) is 2. The fourth-order valence-electron chi connectivity index (χ4n) is 3.48. The minimum atomic E-state index is 0. The molecule has 0 spiro atoms. The van der Waals surface area contributed by atoms with Gasteiger partial charge in [0, 0.05) is 38.3 Å². The fraction of sp³-hybridized carbons (Fsp3) is 0.600. The normalized spacial score (nSPS) is 19.5. The maximum absolute atomic E-state index is 12.1. The van der Waals surface area contributed by atoms with Gasteiger partial charge >= 0.3 is 0 Å². The van der Waals surface area contributed by atoms with E-state index >= 15 is 0 Å². The number of hydrogen-bond acceptors (Lipinski definition) is 2. The molecule has 1 aliphatic heterocycles. The van der Waals surface area contributed by atoms with E-state index in [0.717, 1.165) is 43.1 Å². The maximum atomic E-state index is 12.1. The molecular formula is C20H31IN4O. The zero-order valence-corrected chi connectivity index (χ0v) is 18.4. The Morgan fingerprint density at radius 1 is 1.35 bits per heavy atom. The molecule has 2 fully saturated rings. The summed E-state index contributed by atoms with van der Waals surface area (Å²) < 4.78 is 0. The topological polar surface area (TPSA) is 56.7 Å². The lowest BCUT2D eigenvalue weighted by molar-refractivity contribution is -0.122. The van der Waals surface area contributed by atoms with Gasteiger partial charge in [-0.1, -0.05) is 32.4 Å². The maximum Gasteiger partial charge on any atom is 0.227 e. The highest BCUT2D eigenvalue weighted by Crippen LogP contribution is 2.29. The van der Waals surface area contributed by atoms with Crippen LogP contribution in [0.5, 0.6) is 0 Å². The van der Waals surface area contributed by atoms with Crippen molar-refractivity contribution in [1.82, 2.24) is 10.2 Å². The lowest BCUT2D eigenvalue weighted by Crippen LogP contribution is -2.40. The van der Waals surface area contributed by atoms with Crippen LogP contribution in [0.3, 0.4) is 0 Å². The molecule has 0 atom stereocenters. The van der Waals surface area contributed by atoms with Gasteiger partial charge in [0.05, 0.1) is 0 Å². The van der Waals surface area contributed by atoms with E-state index in [2.05, 4.69) is 40.4 Å². The Balaban J connectivity index is 0.00000243. The number of carbonyl (C=O) groups excluding carboxylic acids is 1. The van der Waals surface area contributed by atoms with E-state index < -0.39 is 0 Å². The van der Waals surface area contributed by atoms with Crippen molar-refractivity contribution in [3.8, 4) is 0 Å². The molecule has 144 valence electrons. The van der Waals surface area contributed by atoms with E-state index in [1.54, 1.807) is 0 Å². The van der Waals surface area contributed by atoms with Crippen LogP contribution in [-0.4, -0.2) is 36.9 Å². The lowest BCUT2D eigenvalue weighted by Gasteiger charge is -2.24. The monoisotopic (exact) mass is 470 g/mol. The smallest absolute Gasteiger partial charge is 0.227 e. The van der Waals surface area contributed by atoms with E-state index in [9.17, 15) is 4.79 Å². The van der Waals surface area contributed by atoms with E-state index in [4.69, 9.17) is 0 Å². The van der Waals surface area contributed by atoms with Crippen molar-refractivity contribution in [2.45, 2.75) is 46.1 Å². The van der Waals surface area contributed by atoms with Gasteiger partial charge in [-0.15, -0.1) is 24.0 Å². The summed E-state index contributed by atoms with van der Waals surface area (Å²) in [5.74, 6) is 1.32. The molecule has 1 saturated carbocycles. The summed E-state index contributed by atoms with van der Waals surface area (Å²) in [5.41, 5.74) is 2.38. The van der Waals surface area contributed by atoms with Crippen LogP contribution in [0.2, 0.25) is 0 Å². The summed E-state index contributed by atoms with van der Waals surface area (Å²) in [6.45, 7) is 7.38. The molecule has 1 saturated heterocycles. The SMILES string of the molecule is CN=C(NCc1cccc(NC(=O)C2CCC2)c1)N1CCC(C)(C)C1.I. The Morgan fingerprint density at radius 2 is 2.12 bits per heavy atom. The molecule has 1 aromatic carbocycles. The van der Waals surface area contributed by atoms with Gasteiger partial charge in [0.1, 0.15) is 0 Å². The number of nitrogens with zero attached hydrogens (tertiary/aromatic N) is 2. The van der Waals surface area contributed by atoms with Gasteiger partial charge in [0.15, 0.2) is 5.96 Å². The van der Waals surface area contributed by atoms with Gasteiger partial charge in [-0.2, -0.15) is 0 Å². The molecule has 0 radical (unpaired) electrons. The van der Waals surface area contributed by atoms with Gasteiger partial charge in [0.2, 0.25) is 5.91 Å². The van der Waals surface area contributed by atoms with Gasteiger partial charge in [-0.05, 0) is 42.4 Å². The third kappa shape index (κ3) is 5.34. The molecule has 3 rings (SSSR count). The highest BCUT2D eigenvalue weighted by molar-refractivity contribution is 14.0. The largest absolute Gasteiger partial charge is 0.352 e. The molecule has 0 aromatic heterocycles. The van der Waals surface area contributed by atoms with Gasteiger partial charge in [-0.3, -0.25) is 9.79 Å². The van der Waals surface area contributed by atoms with Crippen LogP contribution in [0, 0.1) is 11.3 Å². The number of guanidine groups is 1. The number of hydrogen-bond donors (Lipinski definition) is 2. The van der Waals surface area contributed by atoms with E-state index in [1.165, 1.54) is 12.8 Å². The fourth-order valence-corrected chi connectivity index (χ4v) is 3.48. The van der Waals surface area contributed by atoms with Crippen molar-refractivity contribution in [2.75, 3.05) is 25.5 Å². The number of anilines is 1. The molecule has 5 nitrogen and oxygen atoms in total. The Bertz CT molecular complexity index is 655. The quantitative estimate of drug-likeness (QED) is 0.400. The summed E-state index contributed by atoms with van der Waals surface area (Å²) in [6, 6.07) is 8.07. The summed E-state index contributed by atoms with van der Waals surface area (Å²) in [6.07, 6.45) is 4.41. The van der Waals surface area contributed by atoms with Crippen LogP contribution in [0.1, 0.15) is 45.1 Å². The van der Waals surface area contributed by atoms with Crippen molar-refractivity contribution in [2.24, 2.45) is 16.3 Å². The first kappa shape index (κ1) is 21.0. The number of rotatable bonds is 4. The Kier molecular flexibility index (Phi) is 7.32. The standard InChI is InChI=1S/C20H30N4O.HI/c1-20(2)10-11-24(14-20)19(21-3)22-13-15-6-4-9-17(12-15)23-18(25)16-7-5-8-16;/h4,6,9,12,16H,5,7-8,10-11,13-14H2,1-3H3,(H,21,22)(H,23,25);1H. The zero-order chi connectivity index (χ0) is 17.9. The van der Waals surface area contributed by atoms with Crippen molar-refractivity contribution in [3.63, 3.8) is 0 Å². The van der Waals surface area contributed by atoms with Crippen LogP contribution in [0.25, 0.3) is 0 Å². The van der Waals surface area contributed by atoms with Crippen LogP contribution in [0.4, 0.5) is 5.69 Å².